The lowest BCUT2D eigenvalue weighted by atomic mass is 9.94. The lowest BCUT2D eigenvalue weighted by molar-refractivity contribution is -0.118. The van der Waals surface area contributed by atoms with Crippen LogP contribution < -0.4 is 24.3 Å². The minimum absolute atomic E-state index is 0.0575. The molecule has 0 radical (unpaired) electrons. The van der Waals surface area contributed by atoms with Gasteiger partial charge in [-0.15, -0.1) is 0 Å². The number of hydrogen-bond acceptors (Lipinski definition) is 5. The summed E-state index contributed by atoms with van der Waals surface area (Å²) in [6.45, 7) is 0.221. The molecule has 2 aromatic rings. The molecular weight excluding hydrogens is 322 g/mol. The molecule has 1 saturated carbocycles. The highest BCUT2D eigenvalue weighted by Crippen LogP contribution is 2.51. The molecule has 2 aromatic carbocycles. The third-order valence-electron chi connectivity index (χ3n) is 4.76. The molecule has 1 heterocycles. The Bertz CT molecular complexity index is 829. The fraction of sp³-hybridized carbons (Fsp3) is 0.316. The highest BCUT2D eigenvalue weighted by atomic mass is 16.7. The number of anilines is 1. The van der Waals surface area contributed by atoms with Gasteiger partial charge in [-0.2, -0.15) is 0 Å². The van der Waals surface area contributed by atoms with Crippen molar-refractivity contribution in [1.82, 2.24) is 0 Å². The molecule has 6 heteroatoms. The predicted octanol–water partition coefficient (Wildman–Crippen LogP) is 3.10. The Morgan fingerprint density at radius 2 is 1.84 bits per heavy atom. The third-order valence-corrected chi connectivity index (χ3v) is 4.76. The van der Waals surface area contributed by atoms with Crippen LogP contribution in [0.5, 0.6) is 23.0 Å². The van der Waals surface area contributed by atoms with Gasteiger partial charge < -0.3 is 24.3 Å². The first-order chi connectivity index (χ1) is 12.2. The second-order valence-corrected chi connectivity index (χ2v) is 6.17. The number of benzene rings is 2. The number of rotatable bonds is 5. The first-order valence-corrected chi connectivity index (χ1v) is 8.10. The normalized spacial score (nSPS) is 16.2. The summed E-state index contributed by atoms with van der Waals surface area (Å²) in [4.78, 5) is 13.0. The van der Waals surface area contributed by atoms with Gasteiger partial charge in [0.2, 0.25) is 12.7 Å². The highest BCUT2D eigenvalue weighted by Gasteiger charge is 2.51. The van der Waals surface area contributed by atoms with Gasteiger partial charge in [-0.25, -0.2) is 0 Å². The lowest BCUT2D eigenvalue weighted by Gasteiger charge is -2.18. The molecule has 4 rings (SSSR count). The van der Waals surface area contributed by atoms with Crippen molar-refractivity contribution in [3.63, 3.8) is 0 Å². The van der Waals surface area contributed by atoms with Crippen LogP contribution >= 0.6 is 0 Å². The molecule has 0 bridgehead atoms. The van der Waals surface area contributed by atoms with E-state index in [0.29, 0.717) is 22.9 Å². The van der Waals surface area contributed by atoms with Crippen molar-refractivity contribution in [3.05, 3.63) is 42.0 Å². The van der Waals surface area contributed by atoms with E-state index in [4.69, 9.17) is 18.9 Å². The van der Waals surface area contributed by atoms with Gasteiger partial charge in [0, 0.05) is 6.07 Å². The molecule has 1 fully saturated rings. The van der Waals surface area contributed by atoms with Crippen LogP contribution in [-0.2, 0) is 10.2 Å². The van der Waals surface area contributed by atoms with Crippen LogP contribution in [0.2, 0.25) is 0 Å². The van der Waals surface area contributed by atoms with E-state index in [1.54, 1.807) is 32.4 Å². The summed E-state index contributed by atoms with van der Waals surface area (Å²) in [5, 5.41) is 2.99. The van der Waals surface area contributed by atoms with E-state index in [2.05, 4.69) is 5.32 Å². The molecule has 0 atom stereocenters. The Morgan fingerprint density at radius 3 is 2.56 bits per heavy atom. The number of hydrogen-bond donors (Lipinski definition) is 1. The Morgan fingerprint density at radius 1 is 1.04 bits per heavy atom. The summed E-state index contributed by atoms with van der Waals surface area (Å²) in [6, 6.07) is 11.0. The molecule has 2 aliphatic rings. The van der Waals surface area contributed by atoms with E-state index < -0.39 is 5.41 Å². The van der Waals surface area contributed by atoms with Gasteiger partial charge in [-0.3, -0.25) is 4.79 Å². The van der Waals surface area contributed by atoms with Crippen molar-refractivity contribution in [2.24, 2.45) is 0 Å². The summed E-state index contributed by atoms with van der Waals surface area (Å²) < 4.78 is 21.4. The van der Waals surface area contributed by atoms with E-state index in [9.17, 15) is 4.79 Å². The number of carbonyl (C=O) groups is 1. The van der Waals surface area contributed by atoms with Crippen LogP contribution in [-0.4, -0.2) is 26.9 Å². The third kappa shape index (κ3) is 2.63. The van der Waals surface area contributed by atoms with Gasteiger partial charge in [0.1, 0.15) is 11.5 Å². The Labute approximate surface area is 145 Å². The minimum Gasteiger partial charge on any atom is -0.497 e. The maximum atomic E-state index is 13.0. The van der Waals surface area contributed by atoms with Crippen LogP contribution in [0.3, 0.4) is 0 Å². The Hall–Kier alpha value is -2.89. The monoisotopic (exact) mass is 341 g/mol. The second kappa shape index (κ2) is 5.88. The van der Waals surface area contributed by atoms with E-state index in [0.717, 1.165) is 24.2 Å². The fourth-order valence-electron chi connectivity index (χ4n) is 3.12. The highest BCUT2D eigenvalue weighted by molar-refractivity contribution is 6.02. The number of amides is 1. The molecule has 0 unspecified atom stereocenters. The van der Waals surface area contributed by atoms with Gasteiger partial charge in [0.25, 0.3) is 0 Å². The maximum Gasteiger partial charge on any atom is 0.235 e. The van der Waals surface area contributed by atoms with Gasteiger partial charge in [0.15, 0.2) is 11.5 Å². The zero-order chi connectivity index (χ0) is 17.4. The summed E-state index contributed by atoms with van der Waals surface area (Å²) in [5.41, 5.74) is 1.00. The van der Waals surface area contributed by atoms with Gasteiger partial charge in [-0.05, 0) is 42.7 Å². The smallest absolute Gasteiger partial charge is 0.235 e. The molecule has 130 valence electrons. The van der Waals surface area contributed by atoms with E-state index >= 15 is 0 Å². The SMILES string of the molecule is COc1ccc(OC)c(NC(=O)C2(c3ccc4c(c3)OCO4)CC2)c1. The Balaban J connectivity index is 1.61. The summed E-state index contributed by atoms with van der Waals surface area (Å²) in [7, 11) is 3.16. The van der Waals surface area contributed by atoms with Crippen molar-refractivity contribution in [3.8, 4) is 23.0 Å². The zero-order valence-electron chi connectivity index (χ0n) is 14.1. The van der Waals surface area contributed by atoms with Gasteiger partial charge in [0.05, 0.1) is 25.3 Å². The molecule has 1 amide bonds. The topological polar surface area (TPSA) is 66.0 Å². The average molecular weight is 341 g/mol. The minimum atomic E-state index is -0.533. The first-order valence-electron chi connectivity index (χ1n) is 8.10. The second-order valence-electron chi connectivity index (χ2n) is 6.17. The average Bonchev–Trinajstić information content (AvgIpc) is 3.32. The number of fused-ring (bicyclic) bond motifs is 1. The number of ether oxygens (including phenoxy) is 4. The number of nitrogens with one attached hydrogen (secondary N) is 1. The molecule has 0 spiro atoms. The number of methoxy groups -OCH3 is 2. The van der Waals surface area contributed by atoms with Crippen molar-refractivity contribution in [2.45, 2.75) is 18.3 Å². The van der Waals surface area contributed by atoms with Crippen molar-refractivity contribution in [2.75, 3.05) is 26.3 Å². The van der Waals surface area contributed by atoms with Crippen LogP contribution in [0.4, 0.5) is 5.69 Å². The standard InChI is InChI=1S/C19H19NO5/c1-22-13-4-6-15(23-2)14(10-13)20-18(21)19(7-8-19)12-3-5-16-17(9-12)25-11-24-16/h3-6,9-10H,7-8,11H2,1-2H3,(H,20,21). The molecule has 0 saturated heterocycles. The molecule has 1 aliphatic carbocycles. The molecule has 0 aromatic heterocycles. The molecule has 1 N–H and O–H groups in total. The summed E-state index contributed by atoms with van der Waals surface area (Å²) in [5.74, 6) is 2.60. The van der Waals surface area contributed by atoms with Gasteiger partial charge in [-0.1, -0.05) is 6.07 Å². The maximum absolute atomic E-state index is 13.0. The predicted molar refractivity (Wildman–Crippen MR) is 91.7 cm³/mol. The first kappa shape index (κ1) is 15.6. The fourth-order valence-corrected chi connectivity index (χ4v) is 3.12. The van der Waals surface area contributed by atoms with Crippen molar-refractivity contribution >= 4 is 11.6 Å². The van der Waals surface area contributed by atoms with Crippen LogP contribution in [0, 0.1) is 0 Å². The van der Waals surface area contributed by atoms with Gasteiger partial charge >= 0.3 is 0 Å². The molecule has 6 nitrogen and oxygen atoms in total. The quantitative estimate of drug-likeness (QED) is 0.905. The van der Waals surface area contributed by atoms with E-state index in [-0.39, 0.29) is 12.7 Å². The van der Waals surface area contributed by atoms with E-state index in [1.807, 2.05) is 18.2 Å². The van der Waals surface area contributed by atoms with Crippen molar-refractivity contribution in [1.29, 1.82) is 0 Å². The largest absolute Gasteiger partial charge is 0.497 e. The zero-order valence-corrected chi connectivity index (χ0v) is 14.1. The summed E-state index contributed by atoms with van der Waals surface area (Å²) in [6.07, 6.45) is 1.59. The van der Waals surface area contributed by atoms with Crippen LogP contribution in [0.1, 0.15) is 18.4 Å². The van der Waals surface area contributed by atoms with Crippen molar-refractivity contribution < 1.29 is 23.7 Å². The lowest BCUT2D eigenvalue weighted by Crippen LogP contribution is -2.28. The summed E-state index contributed by atoms with van der Waals surface area (Å²) >= 11 is 0. The van der Waals surface area contributed by atoms with E-state index in [1.165, 1.54) is 0 Å². The molecule has 1 aliphatic heterocycles. The Kier molecular flexibility index (Phi) is 3.67. The molecular formula is C19H19NO5. The van der Waals surface area contributed by atoms with Crippen LogP contribution in [0.25, 0.3) is 0 Å². The molecule has 25 heavy (non-hydrogen) atoms. The number of carbonyl (C=O) groups excluding carboxylic acids is 1. The van der Waals surface area contributed by atoms with Crippen LogP contribution in [0.15, 0.2) is 36.4 Å².